The Hall–Kier alpha value is -3.92. The van der Waals surface area contributed by atoms with Crippen LogP contribution < -0.4 is 11.5 Å². The fourth-order valence-corrected chi connectivity index (χ4v) is 2.22. The molecule has 130 valence electrons. The van der Waals surface area contributed by atoms with Crippen molar-refractivity contribution in [3.05, 3.63) is 76.5 Å². The van der Waals surface area contributed by atoms with Crippen LogP contribution >= 0.6 is 0 Å². The van der Waals surface area contributed by atoms with E-state index in [-0.39, 0.29) is 22.5 Å². The molecule has 0 saturated heterocycles. The van der Waals surface area contributed by atoms with E-state index in [0.29, 0.717) is 16.8 Å². The summed E-state index contributed by atoms with van der Waals surface area (Å²) in [5, 5.41) is 18.0. The van der Waals surface area contributed by atoms with Crippen LogP contribution in [0, 0.1) is 18.3 Å². The Morgan fingerprint density at radius 3 is 2.54 bits per heavy atom. The van der Waals surface area contributed by atoms with Gasteiger partial charge in [0.2, 0.25) is 0 Å². The molecule has 0 fully saturated rings. The fourth-order valence-electron chi connectivity index (χ4n) is 2.22. The van der Waals surface area contributed by atoms with Crippen LogP contribution in [0.3, 0.4) is 0 Å². The van der Waals surface area contributed by atoms with Gasteiger partial charge in [-0.25, -0.2) is 9.79 Å². The van der Waals surface area contributed by atoms with Crippen LogP contribution in [-0.2, 0) is 0 Å². The molecular formula is C19H16N4O3. The Labute approximate surface area is 149 Å². The molecule has 7 heteroatoms. The molecule has 0 aliphatic carbocycles. The maximum absolute atomic E-state index is 12.6. The molecule has 0 spiro atoms. The number of nitrogens with two attached hydrogens (primary N) is 2. The first-order chi connectivity index (χ1) is 12.4. The largest absolute Gasteiger partial charge is 0.478 e. The summed E-state index contributed by atoms with van der Waals surface area (Å²) in [6.07, 6.45) is 1.04. The number of carbonyl (C=O) groups is 2. The van der Waals surface area contributed by atoms with Crippen LogP contribution in [0.25, 0.3) is 0 Å². The first-order valence-electron chi connectivity index (χ1n) is 7.52. The summed E-state index contributed by atoms with van der Waals surface area (Å²) in [4.78, 5) is 27.9. The lowest BCUT2D eigenvalue weighted by atomic mass is 10.0. The van der Waals surface area contributed by atoms with E-state index in [0.717, 1.165) is 6.20 Å². The summed E-state index contributed by atoms with van der Waals surface area (Å²) in [5.74, 6) is -1.73. The minimum atomic E-state index is -1.10. The van der Waals surface area contributed by atoms with E-state index in [4.69, 9.17) is 21.8 Å². The summed E-state index contributed by atoms with van der Waals surface area (Å²) in [6.45, 7) is 1.74. The lowest BCUT2D eigenvalue weighted by Crippen LogP contribution is -2.22. The number of nitriles is 1. The first-order valence-corrected chi connectivity index (χ1v) is 7.52. The van der Waals surface area contributed by atoms with E-state index in [1.807, 2.05) is 6.07 Å². The van der Waals surface area contributed by atoms with Crippen molar-refractivity contribution in [1.29, 1.82) is 5.26 Å². The second kappa shape index (κ2) is 7.77. The number of aryl methyl sites for hydroxylation is 1. The van der Waals surface area contributed by atoms with E-state index in [2.05, 4.69) is 4.99 Å². The molecule has 7 nitrogen and oxygen atoms in total. The Morgan fingerprint density at radius 2 is 1.92 bits per heavy atom. The summed E-state index contributed by atoms with van der Waals surface area (Å²) in [5.41, 5.74) is 13.1. The standard InChI is InChI=1S/C19H16N4O3/c1-11-5-6-14(19(25)26)8-16(11)23-18(22)15(10-21)17(24)13-4-2-3-12(7-13)9-20/h2-8,10H,21H2,1H3,(H2,22,23)(H,25,26). The molecule has 0 aromatic heterocycles. The molecule has 0 radical (unpaired) electrons. The van der Waals surface area contributed by atoms with Gasteiger partial charge in [0.05, 0.1) is 28.5 Å². The van der Waals surface area contributed by atoms with Crippen LogP contribution in [0.15, 0.2) is 59.2 Å². The van der Waals surface area contributed by atoms with Gasteiger partial charge in [-0.15, -0.1) is 0 Å². The third-order valence-electron chi connectivity index (χ3n) is 3.64. The predicted molar refractivity (Wildman–Crippen MR) is 97.2 cm³/mol. The maximum atomic E-state index is 12.6. The van der Waals surface area contributed by atoms with Gasteiger partial charge in [-0.05, 0) is 36.8 Å². The average molecular weight is 348 g/mol. The number of carboxylic acid groups (broad SMARTS) is 1. The number of Topliss-reactive ketones (excluding diaryl/α,β-unsaturated/α-hetero) is 1. The van der Waals surface area contributed by atoms with Crippen molar-refractivity contribution >= 4 is 23.3 Å². The predicted octanol–water partition coefficient (Wildman–Crippen LogP) is 2.28. The number of aromatic carboxylic acids is 1. The van der Waals surface area contributed by atoms with Crippen molar-refractivity contribution in [2.75, 3.05) is 0 Å². The van der Waals surface area contributed by atoms with Crippen molar-refractivity contribution < 1.29 is 14.7 Å². The van der Waals surface area contributed by atoms with E-state index in [1.54, 1.807) is 25.1 Å². The fraction of sp³-hybridized carbons (Fsp3) is 0.0526. The molecule has 0 aliphatic heterocycles. The minimum Gasteiger partial charge on any atom is -0.478 e. The minimum absolute atomic E-state index is 0.0415. The number of aliphatic imine (C=N–C) groups is 1. The van der Waals surface area contributed by atoms with Gasteiger partial charge in [0.1, 0.15) is 5.84 Å². The molecule has 0 aliphatic rings. The lowest BCUT2D eigenvalue weighted by molar-refractivity contribution is 0.0696. The Kier molecular flexibility index (Phi) is 5.50. The zero-order valence-corrected chi connectivity index (χ0v) is 13.9. The van der Waals surface area contributed by atoms with Crippen LogP contribution in [0.5, 0.6) is 0 Å². The highest BCUT2D eigenvalue weighted by Gasteiger charge is 2.17. The molecule has 5 N–H and O–H groups in total. The van der Waals surface area contributed by atoms with Gasteiger partial charge in [-0.3, -0.25) is 4.79 Å². The number of nitrogens with zero attached hydrogens (tertiary/aromatic N) is 2. The second-order valence-corrected chi connectivity index (χ2v) is 5.41. The lowest BCUT2D eigenvalue weighted by Gasteiger charge is -2.08. The summed E-state index contributed by atoms with van der Waals surface area (Å²) >= 11 is 0. The molecule has 2 aromatic carbocycles. The van der Waals surface area contributed by atoms with Crippen LogP contribution in [0.1, 0.15) is 31.8 Å². The zero-order valence-electron chi connectivity index (χ0n) is 13.9. The van der Waals surface area contributed by atoms with Gasteiger partial charge in [0.15, 0.2) is 5.78 Å². The highest BCUT2D eigenvalue weighted by atomic mass is 16.4. The number of carbonyl (C=O) groups excluding carboxylic acids is 1. The monoisotopic (exact) mass is 348 g/mol. The maximum Gasteiger partial charge on any atom is 0.335 e. The number of benzene rings is 2. The Bertz CT molecular complexity index is 985. The zero-order chi connectivity index (χ0) is 19.3. The van der Waals surface area contributed by atoms with Crippen molar-refractivity contribution in [3.63, 3.8) is 0 Å². The molecule has 0 atom stereocenters. The van der Waals surface area contributed by atoms with Gasteiger partial charge in [0.25, 0.3) is 0 Å². The molecule has 2 aromatic rings. The third-order valence-corrected chi connectivity index (χ3v) is 3.64. The molecule has 0 amide bonds. The first kappa shape index (κ1) is 18.4. The Morgan fingerprint density at radius 1 is 1.19 bits per heavy atom. The van der Waals surface area contributed by atoms with Gasteiger partial charge < -0.3 is 16.6 Å². The Balaban J connectivity index is 2.43. The van der Waals surface area contributed by atoms with E-state index in [1.165, 1.54) is 24.3 Å². The number of amidine groups is 1. The molecule has 26 heavy (non-hydrogen) atoms. The number of ketones is 1. The van der Waals surface area contributed by atoms with Gasteiger partial charge >= 0.3 is 5.97 Å². The summed E-state index contributed by atoms with van der Waals surface area (Å²) in [6, 6.07) is 12.5. The highest BCUT2D eigenvalue weighted by molar-refractivity contribution is 6.27. The second-order valence-electron chi connectivity index (χ2n) is 5.41. The van der Waals surface area contributed by atoms with Gasteiger partial charge in [-0.1, -0.05) is 18.2 Å². The summed E-state index contributed by atoms with van der Waals surface area (Å²) < 4.78 is 0. The van der Waals surface area contributed by atoms with Crippen molar-refractivity contribution in [1.82, 2.24) is 0 Å². The molecule has 0 bridgehead atoms. The molecule has 2 rings (SSSR count). The van der Waals surface area contributed by atoms with Crippen molar-refractivity contribution in [3.8, 4) is 6.07 Å². The van der Waals surface area contributed by atoms with E-state index in [9.17, 15) is 9.59 Å². The quantitative estimate of drug-likeness (QED) is 0.327. The average Bonchev–Trinajstić information content (AvgIpc) is 2.63. The van der Waals surface area contributed by atoms with E-state index >= 15 is 0 Å². The van der Waals surface area contributed by atoms with Crippen LogP contribution in [-0.4, -0.2) is 22.7 Å². The van der Waals surface area contributed by atoms with Crippen molar-refractivity contribution in [2.24, 2.45) is 16.5 Å². The highest BCUT2D eigenvalue weighted by Crippen LogP contribution is 2.21. The third kappa shape index (κ3) is 3.94. The van der Waals surface area contributed by atoms with Crippen molar-refractivity contribution in [2.45, 2.75) is 6.92 Å². The molecule has 0 saturated carbocycles. The topological polar surface area (TPSA) is 143 Å². The van der Waals surface area contributed by atoms with Gasteiger partial charge in [0, 0.05) is 11.8 Å². The number of hydrogen-bond donors (Lipinski definition) is 3. The SMILES string of the molecule is Cc1ccc(C(=O)O)cc1N=C(N)C(=CN)C(=O)c1cccc(C#N)c1. The smallest absolute Gasteiger partial charge is 0.335 e. The van der Waals surface area contributed by atoms with Gasteiger partial charge in [-0.2, -0.15) is 5.26 Å². The van der Waals surface area contributed by atoms with E-state index < -0.39 is 11.8 Å². The molecule has 0 unspecified atom stereocenters. The number of hydrogen-bond acceptors (Lipinski definition) is 5. The normalized spacial score (nSPS) is 11.7. The molecule has 0 heterocycles. The molecular weight excluding hydrogens is 332 g/mol. The van der Waals surface area contributed by atoms with Crippen LogP contribution in [0.4, 0.5) is 5.69 Å². The number of rotatable bonds is 5. The summed E-state index contributed by atoms with van der Waals surface area (Å²) in [7, 11) is 0. The van der Waals surface area contributed by atoms with Crippen LogP contribution in [0.2, 0.25) is 0 Å². The number of carboxylic acids is 1.